The lowest BCUT2D eigenvalue weighted by Gasteiger charge is -2.28. The van der Waals surface area contributed by atoms with Gasteiger partial charge in [0.05, 0.1) is 0 Å². The maximum atomic E-state index is 2.48. The second-order valence-electron chi connectivity index (χ2n) is 17.7. The molecule has 302 valence electrons. The average Bonchev–Trinajstić information content (AvgIpc) is 3.75. The minimum atomic E-state index is 0.210. The van der Waals surface area contributed by atoms with Gasteiger partial charge in [-0.15, -0.1) is 11.8 Å². The molecule has 13 rings (SSSR count). The Morgan fingerprint density at radius 2 is 0.859 bits per heavy atom. The van der Waals surface area contributed by atoms with Gasteiger partial charge >= 0.3 is 0 Å². The Morgan fingerprint density at radius 1 is 0.359 bits per heavy atom. The maximum Gasteiger partial charge on any atom is 0.0454 e. The van der Waals surface area contributed by atoms with Crippen molar-refractivity contribution in [3.8, 4) is 33.4 Å². The lowest BCUT2D eigenvalue weighted by molar-refractivity contribution is 0.639. The van der Waals surface area contributed by atoms with Crippen LogP contribution in [0.1, 0.15) is 35.4 Å². The van der Waals surface area contributed by atoms with Crippen LogP contribution in [0.25, 0.3) is 92.8 Å². The molecule has 10 aromatic carbocycles. The van der Waals surface area contributed by atoms with Crippen molar-refractivity contribution in [2.24, 2.45) is 5.92 Å². The zero-order valence-corrected chi connectivity index (χ0v) is 36.4. The Hall–Kier alpha value is -7.19. The van der Waals surface area contributed by atoms with E-state index >= 15 is 0 Å². The molecule has 0 N–H and O–H groups in total. The van der Waals surface area contributed by atoms with Crippen molar-refractivity contribution in [1.82, 2.24) is 0 Å². The summed E-state index contributed by atoms with van der Waals surface area (Å²) in [7, 11) is 0. The van der Waals surface area contributed by atoms with E-state index in [2.05, 4.69) is 231 Å². The molecule has 10 aromatic rings. The predicted octanol–water partition coefficient (Wildman–Crippen LogP) is 17.5. The second-order valence-corrected chi connectivity index (χ2v) is 18.9. The molecule has 0 fully saturated rings. The minimum Gasteiger partial charge on any atom is -0.117 e. The zero-order valence-electron chi connectivity index (χ0n) is 35.6. The largest absolute Gasteiger partial charge is 0.117 e. The Morgan fingerprint density at radius 3 is 1.47 bits per heavy atom. The van der Waals surface area contributed by atoms with Crippen LogP contribution >= 0.6 is 11.8 Å². The highest BCUT2D eigenvalue weighted by Crippen LogP contribution is 2.58. The first-order valence-electron chi connectivity index (χ1n) is 22.7. The van der Waals surface area contributed by atoms with E-state index < -0.39 is 0 Å². The smallest absolute Gasteiger partial charge is 0.0454 e. The van der Waals surface area contributed by atoms with Crippen LogP contribution in [0.15, 0.2) is 229 Å². The second kappa shape index (κ2) is 15.0. The van der Waals surface area contributed by atoms with Crippen LogP contribution in [0.4, 0.5) is 0 Å². The van der Waals surface area contributed by atoms with E-state index in [1.54, 1.807) is 0 Å². The third kappa shape index (κ3) is 5.64. The molecule has 0 radical (unpaired) electrons. The van der Waals surface area contributed by atoms with Crippen molar-refractivity contribution in [3.63, 3.8) is 0 Å². The predicted molar refractivity (Wildman–Crippen MR) is 276 cm³/mol. The molecule has 2 aliphatic carbocycles. The summed E-state index contributed by atoms with van der Waals surface area (Å²) in [5.74, 6) is 0.998. The van der Waals surface area contributed by atoms with Crippen molar-refractivity contribution >= 4 is 71.2 Å². The van der Waals surface area contributed by atoms with Crippen LogP contribution in [0, 0.1) is 5.92 Å². The van der Waals surface area contributed by atoms with Gasteiger partial charge in [-0.2, -0.15) is 0 Å². The molecule has 4 unspecified atom stereocenters. The Bertz CT molecular complexity index is 3560. The first-order chi connectivity index (χ1) is 31.7. The van der Waals surface area contributed by atoms with Crippen molar-refractivity contribution < 1.29 is 0 Å². The van der Waals surface area contributed by atoms with Crippen molar-refractivity contribution in [1.29, 1.82) is 0 Å². The standard InChI is InChI=1S/C63H44S/c1-39-19-5-6-22-41(39)44-37-38-53(43-24-8-7-23-42(43)44)59-49-29-13-15-31-51(49)61(52-32-16-14-30-50(52)59)55-34-17-35-56-62-54(33-18-36-57(62)64-63(55)56)60-47-27-11-9-25-45(47)58(40-20-3-2-4-21-40)46-26-10-12-28-48(46)60/h2-39,41,56,63H,1H3. The van der Waals surface area contributed by atoms with Gasteiger partial charge < -0.3 is 0 Å². The van der Waals surface area contributed by atoms with Gasteiger partial charge in [-0.25, -0.2) is 0 Å². The summed E-state index contributed by atoms with van der Waals surface area (Å²) in [6, 6.07) is 68.4. The third-order valence-corrected chi connectivity index (χ3v) is 15.8. The summed E-state index contributed by atoms with van der Waals surface area (Å²) in [4.78, 5) is 1.37. The number of rotatable bonds is 5. The minimum absolute atomic E-state index is 0.210. The Balaban J connectivity index is 0.992. The van der Waals surface area contributed by atoms with Crippen LogP contribution in [-0.4, -0.2) is 5.25 Å². The molecule has 0 saturated heterocycles. The molecule has 0 aromatic heterocycles. The van der Waals surface area contributed by atoms with Crippen molar-refractivity contribution in [3.05, 3.63) is 241 Å². The maximum absolute atomic E-state index is 2.48. The molecular formula is C63H44S. The molecule has 1 aliphatic heterocycles. The topological polar surface area (TPSA) is 0 Å². The van der Waals surface area contributed by atoms with Crippen LogP contribution in [0.5, 0.6) is 0 Å². The molecule has 1 heterocycles. The van der Waals surface area contributed by atoms with Gasteiger partial charge in [0.2, 0.25) is 0 Å². The van der Waals surface area contributed by atoms with E-state index in [9.17, 15) is 0 Å². The molecular weight excluding hydrogens is 789 g/mol. The van der Waals surface area contributed by atoms with Crippen molar-refractivity contribution in [2.75, 3.05) is 0 Å². The molecule has 0 amide bonds. The van der Waals surface area contributed by atoms with Gasteiger partial charge in [-0.05, 0) is 121 Å². The summed E-state index contributed by atoms with van der Waals surface area (Å²) in [5, 5.41) is 13.3. The lowest BCUT2D eigenvalue weighted by atomic mass is 9.77. The molecule has 4 atom stereocenters. The molecule has 0 nitrogen and oxygen atoms in total. The van der Waals surface area contributed by atoms with Crippen LogP contribution < -0.4 is 0 Å². The van der Waals surface area contributed by atoms with Gasteiger partial charge in [0, 0.05) is 22.0 Å². The molecule has 64 heavy (non-hydrogen) atoms. The van der Waals surface area contributed by atoms with Gasteiger partial charge in [0.25, 0.3) is 0 Å². The third-order valence-electron chi connectivity index (χ3n) is 14.4. The molecule has 3 aliphatic rings. The highest BCUT2D eigenvalue weighted by atomic mass is 32.2. The van der Waals surface area contributed by atoms with Gasteiger partial charge in [-0.3, -0.25) is 0 Å². The molecule has 1 heteroatoms. The van der Waals surface area contributed by atoms with Gasteiger partial charge in [0.15, 0.2) is 0 Å². The summed E-state index contributed by atoms with van der Waals surface area (Å²) in [5.41, 5.74) is 13.4. The summed E-state index contributed by atoms with van der Waals surface area (Å²) >= 11 is 2.05. The van der Waals surface area contributed by atoms with Gasteiger partial charge in [0.1, 0.15) is 0 Å². The highest BCUT2D eigenvalue weighted by Gasteiger charge is 2.39. The van der Waals surface area contributed by atoms with Crippen LogP contribution in [0.2, 0.25) is 0 Å². The quantitative estimate of drug-likeness (QED) is 0.156. The Kier molecular flexibility index (Phi) is 8.74. The fourth-order valence-corrected chi connectivity index (χ4v) is 13.1. The monoisotopic (exact) mass is 832 g/mol. The zero-order chi connectivity index (χ0) is 42.3. The van der Waals surface area contributed by atoms with E-state index in [0.717, 1.165) is 0 Å². The Labute approximate surface area is 378 Å². The van der Waals surface area contributed by atoms with Crippen molar-refractivity contribution in [2.45, 2.75) is 28.9 Å². The summed E-state index contributed by atoms with van der Waals surface area (Å²) in [6.07, 6.45) is 16.3. The molecule has 0 saturated carbocycles. The summed E-state index contributed by atoms with van der Waals surface area (Å²) in [6.45, 7) is 2.34. The number of hydrogen-bond donors (Lipinski definition) is 0. The number of hydrogen-bond acceptors (Lipinski definition) is 1. The van der Waals surface area contributed by atoms with Crippen LogP contribution in [0.3, 0.4) is 0 Å². The SMILES string of the molecule is CC1C=CC=CC1c1ccc(-c2c3ccccc3c(C3=CC=CC4c5c(cccc5-c5c6ccccc6c(-c6ccccc6)c6ccccc56)SC34)c3ccccc23)c2ccccc12. The molecule has 0 spiro atoms. The van der Waals surface area contributed by atoms with E-state index in [-0.39, 0.29) is 11.2 Å². The lowest BCUT2D eigenvalue weighted by Crippen LogP contribution is -2.14. The first kappa shape index (κ1) is 37.4. The van der Waals surface area contributed by atoms with Crippen LogP contribution in [-0.2, 0) is 0 Å². The number of fused-ring (bicyclic) bond motifs is 8. The van der Waals surface area contributed by atoms with E-state index in [1.165, 1.54) is 114 Å². The number of thioether (sulfide) groups is 1. The fraction of sp³-hybridized carbons (Fsp3) is 0.0794. The van der Waals surface area contributed by atoms with E-state index in [0.29, 0.717) is 11.8 Å². The number of allylic oxidation sites excluding steroid dienone is 7. The van der Waals surface area contributed by atoms with E-state index in [4.69, 9.17) is 0 Å². The van der Waals surface area contributed by atoms with Gasteiger partial charge in [-0.1, -0.05) is 225 Å². The normalized spacial score (nSPS) is 18.9. The van der Waals surface area contributed by atoms with E-state index in [1.807, 2.05) is 11.8 Å². The number of benzene rings is 10. The first-order valence-corrected chi connectivity index (χ1v) is 23.6. The molecule has 0 bridgehead atoms. The highest BCUT2D eigenvalue weighted by molar-refractivity contribution is 8.00. The average molecular weight is 833 g/mol. The fourth-order valence-electron chi connectivity index (χ4n) is 11.6. The summed E-state index contributed by atoms with van der Waals surface area (Å²) < 4.78 is 0.